The first-order valence-corrected chi connectivity index (χ1v) is 7.98. The molecule has 2 atom stereocenters. The minimum atomic E-state index is -1.04. The third-order valence-corrected chi connectivity index (χ3v) is 3.43. The van der Waals surface area contributed by atoms with Crippen LogP contribution in [0.4, 0.5) is 0 Å². The second kappa shape index (κ2) is 10.7. The van der Waals surface area contributed by atoms with Gasteiger partial charge in [-0.25, -0.2) is 5.90 Å². The maximum atomic E-state index is 12.3. The lowest BCUT2D eigenvalue weighted by atomic mass is 10.0. The Hall–Kier alpha value is -3.18. The molecule has 1 unspecified atom stereocenters. The van der Waals surface area contributed by atoms with Crippen LogP contribution >= 0.6 is 0 Å². The summed E-state index contributed by atoms with van der Waals surface area (Å²) in [6, 6.07) is 4.04. The van der Waals surface area contributed by atoms with E-state index in [-0.39, 0.29) is 18.7 Å². The minimum absolute atomic E-state index is 0.0518. The van der Waals surface area contributed by atoms with E-state index in [1.54, 1.807) is 12.1 Å². The Morgan fingerprint density at radius 1 is 1.11 bits per heavy atom. The van der Waals surface area contributed by atoms with Crippen molar-refractivity contribution in [2.24, 2.45) is 11.6 Å². The first kappa shape index (κ1) is 21.9. The standard InChI is InChI=1S/C16H23N5O6/c1-9(20-14(24)8-27-18)15(25)21-12(16(26)19-7-13(17)23)6-10-2-4-11(22)5-3-10/h2-5,9,12,22H,6-8,18H2,1H3,(H2,17,23)(H,19,26)(H,20,24)(H,21,25)/t9?,12-/m0/s1. The zero-order chi connectivity index (χ0) is 20.4. The first-order chi connectivity index (χ1) is 12.7. The lowest BCUT2D eigenvalue weighted by Crippen LogP contribution is -2.54. The summed E-state index contributed by atoms with van der Waals surface area (Å²) < 4.78 is 0. The number of nitrogens with one attached hydrogen (secondary N) is 3. The number of phenols is 1. The van der Waals surface area contributed by atoms with Gasteiger partial charge in [0.05, 0.1) is 6.54 Å². The van der Waals surface area contributed by atoms with Gasteiger partial charge in [0.25, 0.3) is 0 Å². The molecule has 0 aliphatic heterocycles. The Kier molecular flexibility index (Phi) is 8.69. The molecule has 0 heterocycles. The van der Waals surface area contributed by atoms with E-state index in [0.29, 0.717) is 5.56 Å². The molecular weight excluding hydrogens is 358 g/mol. The van der Waals surface area contributed by atoms with Crippen molar-refractivity contribution in [3.8, 4) is 5.75 Å². The number of nitrogens with two attached hydrogens (primary N) is 2. The maximum Gasteiger partial charge on any atom is 0.248 e. The van der Waals surface area contributed by atoms with Crippen LogP contribution in [0.25, 0.3) is 0 Å². The lowest BCUT2D eigenvalue weighted by molar-refractivity contribution is -0.133. The van der Waals surface area contributed by atoms with E-state index in [9.17, 15) is 24.3 Å². The van der Waals surface area contributed by atoms with Crippen molar-refractivity contribution >= 4 is 23.6 Å². The summed E-state index contributed by atoms with van der Waals surface area (Å²) in [7, 11) is 0. The monoisotopic (exact) mass is 381 g/mol. The zero-order valence-electron chi connectivity index (χ0n) is 14.7. The molecule has 4 amide bonds. The Labute approximate surface area is 155 Å². The first-order valence-electron chi connectivity index (χ1n) is 7.98. The Morgan fingerprint density at radius 2 is 1.74 bits per heavy atom. The molecule has 0 saturated heterocycles. The van der Waals surface area contributed by atoms with Crippen molar-refractivity contribution in [2.45, 2.75) is 25.4 Å². The average molecular weight is 381 g/mol. The van der Waals surface area contributed by atoms with E-state index in [4.69, 9.17) is 11.6 Å². The Morgan fingerprint density at radius 3 is 2.30 bits per heavy atom. The number of hydrogen-bond donors (Lipinski definition) is 6. The molecule has 0 fully saturated rings. The highest BCUT2D eigenvalue weighted by Gasteiger charge is 2.24. The highest BCUT2D eigenvalue weighted by atomic mass is 16.6. The third-order valence-electron chi connectivity index (χ3n) is 3.43. The van der Waals surface area contributed by atoms with E-state index in [1.807, 2.05) is 0 Å². The van der Waals surface area contributed by atoms with Gasteiger partial charge in [-0.1, -0.05) is 12.1 Å². The molecule has 148 valence electrons. The Bertz CT molecular complexity index is 678. The molecule has 11 heteroatoms. The van der Waals surface area contributed by atoms with E-state index in [1.165, 1.54) is 19.1 Å². The average Bonchev–Trinajstić information content (AvgIpc) is 2.60. The molecule has 0 aliphatic rings. The largest absolute Gasteiger partial charge is 0.508 e. The molecule has 0 radical (unpaired) electrons. The van der Waals surface area contributed by atoms with Crippen molar-refractivity contribution < 1.29 is 29.1 Å². The molecule has 0 spiro atoms. The number of primary amides is 1. The van der Waals surface area contributed by atoms with Crippen molar-refractivity contribution in [1.29, 1.82) is 0 Å². The summed E-state index contributed by atoms with van der Waals surface area (Å²) in [6.45, 7) is 0.608. The smallest absolute Gasteiger partial charge is 0.248 e. The maximum absolute atomic E-state index is 12.3. The summed E-state index contributed by atoms with van der Waals surface area (Å²) in [5, 5.41) is 16.5. The van der Waals surface area contributed by atoms with Gasteiger partial charge >= 0.3 is 0 Å². The van der Waals surface area contributed by atoms with Gasteiger partial charge in [-0.2, -0.15) is 0 Å². The van der Waals surface area contributed by atoms with Gasteiger partial charge in [0, 0.05) is 6.42 Å². The van der Waals surface area contributed by atoms with Crippen LogP contribution in [0.3, 0.4) is 0 Å². The van der Waals surface area contributed by atoms with Gasteiger partial charge in [-0.3, -0.25) is 24.0 Å². The van der Waals surface area contributed by atoms with Crippen LogP contribution in [-0.4, -0.2) is 54.0 Å². The van der Waals surface area contributed by atoms with Gasteiger partial charge in [-0.05, 0) is 24.6 Å². The van der Waals surface area contributed by atoms with Crippen molar-refractivity contribution in [2.75, 3.05) is 13.2 Å². The second-order valence-corrected chi connectivity index (χ2v) is 5.72. The van der Waals surface area contributed by atoms with Gasteiger partial charge in [0.15, 0.2) is 0 Å². The van der Waals surface area contributed by atoms with E-state index >= 15 is 0 Å². The van der Waals surface area contributed by atoms with Crippen LogP contribution in [0, 0.1) is 0 Å². The van der Waals surface area contributed by atoms with Crippen LogP contribution in [0.1, 0.15) is 12.5 Å². The van der Waals surface area contributed by atoms with Crippen LogP contribution in [0.15, 0.2) is 24.3 Å². The highest BCUT2D eigenvalue weighted by molar-refractivity contribution is 5.93. The van der Waals surface area contributed by atoms with Crippen molar-refractivity contribution in [3.63, 3.8) is 0 Å². The predicted molar refractivity (Wildman–Crippen MR) is 93.7 cm³/mol. The van der Waals surface area contributed by atoms with Crippen molar-refractivity contribution in [3.05, 3.63) is 29.8 Å². The van der Waals surface area contributed by atoms with Crippen LogP contribution in [-0.2, 0) is 30.4 Å². The molecule has 11 nitrogen and oxygen atoms in total. The molecule has 8 N–H and O–H groups in total. The SMILES string of the molecule is CC(NC(=O)CON)C(=O)N[C@@H](Cc1ccc(O)cc1)C(=O)NCC(N)=O. The van der Waals surface area contributed by atoms with Crippen LogP contribution in [0.2, 0.25) is 0 Å². The van der Waals surface area contributed by atoms with Gasteiger partial charge in [0.1, 0.15) is 24.4 Å². The number of aromatic hydroxyl groups is 1. The molecule has 0 saturated carbocycles. The fourth-order valence-electron chi connectivity index (χ4n) is 2.10. The molecule has 1 aromatic carbocycles. The molecule has 0 aromatic heterocycles. The molecule has 1 aromatic rings. The highest BCUT2D eigenvalue weighted by Crippen LogP contribution is 2.11. The number of benzene rings is 1. The summed E-state index contributed by atoms with van der Waals surface area (Å²) in [4.78, 5) is 51.0. The van der Waals surface area contributed by atoms with Crippen molar-refractivity contribution in [1.82, 2.24) is 16.0 Å². The zero-order valence-corrected chi connectivity index (χ0v) is 14.7. The summed E-state index contributed by atoms with van der Waals surface area (Å²) in [5.74, 6) is 2.25. The number of carbonyl (C=O) groups is 4. The third kappa shape index (κ3) is 8.16. The lowest BCUT2D eigenvalue weighted by Gasteiger charge is -2.21. The van der Waals surface area contributed by atoms with Gasteiger partial charge in [0.2, 0.25) is 23.6 Å². The van der Waals surface area contributed by atoms with E-state index in [2.05, 4.69) is 20.8 Å². The number of rotatable bonds is 10. The minimum Gasteiger partial charge on any atom is -0.508 e. The molecule has 27 heavy (non-hydrogen) atoms. The Balaban J connectivity index is 2.81. The normalized spacial score (nSPS) is 12.5. The summed E-state index contributed by atoms with van der Waals surface area (Å²) in [6.07, 6.45) is 0.0865. The number of phenolic OH excluding ortho intramolecular Hbond substituents is 1. The number of carbonyl (C=O) groups excluding carboxylic acids is 4. The fraction of sp³-hybridized carbons (Fsp3) is 0.375. The van der Waals surface area contributed by atoms with E-state index in [0.717, 1.165) is 0 Å². The van der Waals surface area contributed by atoms with Crippen LogP contribution in [0.5, 0.6) is 5.75 Å². The quantitative estimate of drug-likeness (QED) is 0.240. The molecule has 1 rings (SSSR count). The summed E-state index contributed by atoms with van der Waals surface area (Å²) in [5.41, 5.74) is 5.66. The molecular formula is C16H23N5O6. The van der Waals surface area contributed by atoms with Crippen LogP contribution < -0.4 is 27.6 Å². The van der Waals surface area contributed by atoms with Gasteiger partial charge in [-0.15, -0.1) is 0 Å². The predicted octanol–water partition coefficient (Wildman–Crippen LogP) is -2.58. The fourth-order valence-corrected chi connectivity index (χ4v) is 2.10. The molecule has 0 bridgehead atoms. The number of hydrogen-bond acceptors (Lipinski definition) is 7. The van der Waals surface area contributed by atoms with Gasteiger partial charge < -0.3 is 26.8 Å². The number of amides is 4. The summed E-state index contributed by atoms with van der Waals surface area (Å²) >= 11 is 0. The topological polar surface area (TPSA) is 186 Å². The second-order valence-electron chi connectivity index (χ2n) is 5.72. The molecule has 0 aliphatic carbocycles. The van der Waals surface area contributed by atoms with E-state index < -0.39 is 42.3 Å².